The zero-order valence-electron chi connectivity index (χ0n) is 13.5. The lowest BCUT2D eigenvalue weighted by molar-refractivity contribution is -0.125. The number of aryl methyl sites for hydroxylation is 1. The summed E-state index contributed by atoms with van der Waals surface area (Å²) in [6, 6.07) is 15.0. The molecule has 0 aromatic heterocycles. The number of thioether (sulfide) groups is 1. The first kappa shape index (κ1) is 17.1. The first-order chi connectivity index (χ1) is 11.0. The summed E-state index contributed by atoms with van der Waals surface area (Å²) in [6.45, 7) is 1.98. The summed E-state index contributed by atoms with van der Waals surface area (Å²) in [5.41, 5.74) is 2.42. The van der Waals surface area contributed by atoms with Crippen LogP contribution in [0.1, 0.15) is 15.9 Å². The van der Waals surface area contributed by atoms with Gasteiger partial charge in [0.1, 0.15) is 0 Å². The number of nitrogens with one attached hydrogen (secondary N) is 1. The normalized spacial score (nSPS) is 10.2. The van der Waals surface area contributed by atoms with Crippen LogP contribution in [0.2, 0.25) is 0 Å². The lowest BCUT2D eigenvalue weighted by Crippen LogP contribution is -2.23. The van der Waals surface area contributed by atoms with Gasteiger partial charge in [0, 0.05) is 24.7 Å². The Labute approximate surface area is 140 Å². The molecule has 23 heavy (non-hydrogen) atoms. The van der Waals surface area contributed by atoms with Gasteiger partial charge in [-0.05, 0) is 36.8 Å². The summed E-state index contributed by atoms with van der Waals surface area (Å²) >= 11 is 1.37. The monoisotopic (exact) mass is 328 g/mol. The highest BCUT2D eigenvalue weighted by atomic mass is 32.2. The molecule has 2 rings (SSSR count). The Balaban J connectivity index is 2.12. The molecule has 0 radical (unpaired) electrons. The van der Waals surface area contributed by atoms with Crippen molar-refractivity contribution >= 4 is 29.3 Å². The summed E-state index contributed by atoms with van der Waals surface area (Å²) in [5, 5.41) is 2.90. The van der Waals surface area contributed by atoms with E-state index in [2.05, 4.69) is 5.32 Å². The lowest BCUT2D eigenvalue weighted by Gasteiger charge is -2.12. The van der Waals surface area contributed by atoms with Crippen molar-refractivity contribution in [1.82, 2.24) is 4.90 Å². The molecule has 2 aromatic carbocycles. The second-order valence-electron chi connectivity index (χ2n) is 5.40. The lowest BCUT2D eigenvalue weighted by atomic mass is 10.2. The van der Waals surface area contributed by atoms with E-state index in [1.165, 1.54) is 11.8 Å². The molecular weight excluding hydrogens is 308 g/mol. The number of nitrogens with zero attached hydrogens (tertiary/aromatic N) is 1. The molecule has 2 aromatic rings. The molecule has 0 saturated carbocycles. The van der Waals surface area contributed by atoms with Crippen LogP contribution in [0.3, 0.4) is 0 Å². The Kier molecular flexibility index (Phi) is 5.82. The highest BCUT2D eigenvalue weighted by Crippen LogP contribution is 2.24. The Morgan fingerprint density at radius 1 is 1.09 bits per heavy atom. The molecule has 5 heteroatoms. The number of anilines is 1. The molecule has 0 aliphatic rings. The Hall–Kier alpha value is -2.27. The second-order valence-corrected chi connectivity index (χ2v) is 6.41. The van der Waals surface area contributed by atoms with Gasteiger partial charge in [0.25, 0.3) is 5.91 Å². The molecular formula is C18H20N2O2S. The summed E-state index contributed by atoms with van der Waals surface area (Å²) in [5.74, 6) is 0.154. The van der Waals surface area contributed by atoms with Crippen molar-refractivity contribution < 1.29 is 9.59 Å². The van der Waals surface area contributed by atoms with Gasteiger partial charge in [-0.15, -0.1) is 11.8 Å². The summed E-state index contributed by atoms with van der Waals surface area (Å²) < 4.78 is 0. The second kappa shape index (κ2) is 7.83. The van der Waals surface area contributed by atoms with Crippen molar-refractivity contribution in [3.8, 4) is 0 Å². The Morgan fingerprint density at radius 3 is 2.52 bits per heavy atom. The maximum absolute atomic E-state index is 12.5. The van der Waals surface area contributed by atoms with E-state index in [1.807, 2.05) is 49.4 Å². The van der Waals surface area contributed by atoms with Crippen molar-refractivity contribution in [1.29, 1.82) is 0 Å². The first-order valence-electron chi connectivity index (χ1n) is 7.27. The van der Waals surface area contributed by atoms with E-state index in [0.717, 1.165) is 16.1 Å². The Bertz CT molecular complexity index is 714. The minimum absolute atomic E-state index is 0.0175. The first-order valence-corrected chi connectivity index (χ1v) is 8.26. The highest BCUT2D eigenvalue weighted by molar-refractivity contribution is 8.00. The molecule has 0 heterocycles. The predicted octanol–water partition coefficient (Wildman–Crippen LogP) is 3.43. The number of carbonyl (C=O) groups is 2. The summed E-state index contributed by atoms with van der Waals surface area (Å²) in [6.07, 6.45) is 0. The average Bonchev–Trinajstić information content (AvgIpc) is 2.52. The number of carbonyl (C=O) groups excluding carboxylic acids is 2. The van der Waals surface area contributed by atoms with Crippen molar-refractivity contribution in [3.05, 3.63) is 59.7 Å². The molecule has 120 valence electrons. The van der Waals surface area contributed by atoms with Crippen LogP contribution in [0.25, 0.3) is 0 Å². The van der Waals surface area contributed by atoms with E-state index < -0.39 is 0 Å². The average molecular weight is 328 g/mol. The van der Waals surface area contributed by atoms with Crippen LogP contribution >= 0.6 is 11.8 Å². The molecule has 0 spiro atoms. The molecule has 0 saturated heterocycles. The maximum Gasteiger partial charge on any atom is 0.256 e. The van der Waals surface area contributed by atoms with Crippen LogP contribution in [-0.2, 0) is 4.79 Å². The number of rotatable bonds is 5. The fourth-order valence-electron chi connectivity index (χ4n) is 1.97. The molecule has 1 N–H and O–H groups in total. The fraction of sp³-hybridized carbons (Fsp3) is 0.222. The van der Waals surface area contributed by atoms with Gasteiger partial charge in [-0.2, -0.15) is 0 Å². The van der Waals surface area contributed by atoms with E-state index in [9.17, 15) is 9.59 Å². The summed E-state index contributed by atoms with van der Waals surface area (Å²) in [7, 11) is 3.44. The minimum atomic E-state index is -0.170. The van der Waals surface area contributed by atoms with Gasteiger partial charge >= 0.3 is 0 Å². The van der Waals surface area contributed by atoms with Crippen molar-refractivity contribution in [3.63, 3.8) is 0 Å². The SMILES string of the molecule is Cc1cccc(NC(=O)c2ccccc2SCC(=O)N(C)C)c1. The molecule has 0 atom stereocenters. The number of benzene rings is 2. The maximum atomic E-state index is 12.5. The van der Waals surface area contributed by atoms with Crippen LogP contribution in [0, 0.1) is 6.92 Å². The van der Waals surface area contributed by atoms with Gasteiger partial charge in [0.05, 0.1) is 11.3 Å². The smallest absolute Gasteiger partial charge is 0.256 e. The van der Waals surface area contributed by atoms with Crippen molar-refractivity contribution in [2.45, 2.75) is 11.8 Å². The van der Waals surface area contributed by atoms with Crippen LogP contribution < -0.4 is 5.32 Å². The molecule has 0 bridgehead atoms. The Morgan fingerprint density at radius 2 is 1.83 bits per heavy atom. The van der Waals surface area contributed by atoms with Crippen molar-refractivity contribution in [2.24, 2.45) is 0 Å². The quantitative estimate of drug-likeness (QED) is 0.856. The summed E-state index contributed by atoms with van der Waals surface area (Å²) in [4.78, 5) is 26.6. The van der Waals surface area contributed by atoms with Gasteiger partial charge in [-0.1, -0.05) is 24.3 Å². The molecule has 4 nitrogen and oxygen atoms in total. The zero-order valence-corrected chi connectivity index (χ0v) is 14.3. The van der Waals surface area contributed by atoms with E-state index in [1.54, 1.807) is 25.1 Å². The molecule has 0 fully saturated rings. The standard InChI is InChI=1S/C18H20N2O2S/c1-13-7-6-8-14(11-13)19-18(22)15-9-4-5-10-16(15)23-12-17(21)20(2)3/h4-11H,12H2,1-3H3,(H,19,22). The van der Waals surface area contributed by atoms with Gasteiger partial charge in [-0.3, -0.25) is 9.59 Å². The van der Waals surface area contributed by atoms with Gasteiger partial charge in [-0.25, -0.2) is 0 Å². The number of hydrogen-bond donors (Lipinski definition) is 1. The van der Waals surface area contributed by atoms with E-state index in [0.29, 0.717) is 11.3 Å². The molecule has 0 aliphatic heterocycles. The predicted molar refractivity (Wildman–Crippen MR) is 95.0 cm³/mol. The molecule has 2 amide bonds. The fourth-order valence-corrected chi connectivity index (χ4v) is 3.00. The molecule has 0 unspecified atom stereocenters. The van der Waals surface area contributed by atoms with E-state index in [-0.39, 0.29) is 11.8 Å². The molecule has 0 aliphatic carbocycles. The largest absolute Gasteiger partial charge is 0.348 e. The van der Waals surface area contributed by atoms with E-state index >= 15 is 0 Å². The van der Waals surface area contributed by atoms with Crippen LogP contribution in [0.4, 0.5) is 5.69 Å². The third-order valence-electron chi connectivity index (χ3n) is 3.26. The van der Waals surface area contributed by atoms with Crippen LogP contribution in [-0.4, -0.2) is 36.6 Å². The van der Waals surface area contributed by atoms with Crippen molar-refractivity contribution in [2.75, 3.05) is 25.2 Å². The zero-order chi connectivity index (χ0) is 16.8. The number of hydrogen-bond acceptors (Lipinski definition) is 3. The highest BCUT2D eigenvalue weighted by Gasteiger charge is 2.13. The van der Waals surface area contributed by atoms with Gasteiger partial charge < -0.3 is 10.2 Å². The minimum Gasteiger partial charge on any atom is -0.348 e. The third kappa shape index (κ3) is 4.86. The topological polar surface area (TPSA) is 49.4 Å². The number of amides is 2. The third-order valence-corrected chi connectivity index (χ3v) is 4.32. The van der Waals surface area contributed by atoms with E-state index in [4.69, 9.17) is 0 Å². The van der Waals surface area contributed by atoms with Gasteiger partial charge in [0.2, 0.25) is 5.91 Å². The van der Waals surface area contributed by atoms with Gasteiger partial charge in [0.15, 0.2) is 0 Å². The van der Waals surface area contributed by atoms with Crippen LogP contribution in [0.5, 0.6) is 0 Å². The van der Waals surface area contributed by atoms with Crippen LogP contribution in [0.15, 0.2) is 53.4 Å².